The first-order valence-electron chi connectivity index (χ1n) is 4.95. The summed E-state index contributed by atoms with van der Waals surface area (Å²) >= 11 is 0. The van der Waals surface area contributed by atoms with Crippen LogP contribution in [0.2, 0.25) is 0 Å². The van der Waals surface area contributed by atoms with E-state index in [-0.39, 0.29) is 12.5 Å². The highest BCUT2D eigenvalue weighted by Gasteiger charge is 2.13. The molecule has 1 rings (SSSR count). The quantitative estimate of drug-likeness (QED) is 0.818. The Morgan fingerprint density at radius 2 is 2.06 bits per heavy atom. The molecule has 0 aliphatic rings. The van der Waals surface area contributed by atoms with Crippen LogP contribution in [0.4, 0.5) is 19.0 Å². The zero-order chi connectivity index (χ0) is 13.0. The van der Waals surface area contributed by atoms with Crippen LogP contribution < -0.4 is 5.32 Å². The Labute approximate surface area is 96.4 Å². The maximum atomic E-state index is 13.1. The fraction of sp³-hybridized carbons (Fsp3) is 0.400. The number of amides is 1. The molecule has 0 aliphatic heterocycles. The first-order valence-corrected chi connectivity index (χ1v) is 4.95. The van der Waals surface area contributed by atoms with E-state index in [1.165, 1.54) is 4.90 Å². The highest BCUT2D eigenvalue weighted by Crippen LogP contribution is 2.13. The van der Waals surface area contributed by atoms with E-state index < -0.39 is 23.4 Å². The molecule has 0 saturated carbocycles. The molecule has 1 heterocycles. The van der Waals surface area contributed by atoms with E-state index in [0.29, 0.717) is 12.6 Å². The molecule has 7 heteroatoms. The summed E-state index contributed by atoms with van der Waals surface area (Å²) in [4.78, 5) is 15.8. The van der Waals surface area contributed by atoms with Crippen LogP contribution in [0.15, 0.2) is 6.07 Å². The Bertz CT molecular complexity index is 426. The number of carbonyl (C=O) groups is 1. The number of aromatic nitrogens is 1. The lowest BCUT2D eigenvalue weighted by Gasteiger charge is -2.15. The van der Waals surface area contributed by atoms with E-state index >= 15 is 0 Å². The molecule has 94 valence electrons. The van der Waals surface area contributed by atoms with E-state index in [1.807, 2.05) is 0 Å². The van der Waals surface area contributed by atoms with Gasteiger partial charge in [-0.25, -0.2) is 8.78 Å². The monoisotopic (exact) mass is 247 g/mol. The second-order valence-corrected chi connectivity index (χ2v) is 3.35. The van der Waals surface area contributed by atoms with Gasteiger partial charge in [-0.2, -0.15) is 9.37 Å². The van der Waals surface area contributed by atoms with Gasteiger partial charge in [-0.1, -0.05) is 0 Å². The van der Waals surface area contributed by atoms with Gasteiger partial charge < -0.3 is 10.2 Å². The van der Waals surface area contributed by atoms with Crippen LogP contribution in [-0.2, 0) is 4.79 Å². The van der Waals surface area contributed by atoms with Crippen LogP contribution in [0.5, 0.6) is 0 Å². The van der Waals surface area contributed by atoms with Crippen LogP contribution >= 0.6 is 0 Å². The highest BCUT2D eigenvalue weighted by atomic mass is 19.2. The Morgan fingerprint density at radius 1 is 1.41 bits per heavy atom. The topological polar surface area (TPSA) is 45.2 Å². The molecule has 1 aromatic rings. The molecule has 0 saturated heterocycles. The van der Waals surface area contributed by atoms with Crippen molar-refractivity contribution in [3.05, 3.63) is 23.6 Å². The van der Waals surface area contributed by atoms with Crippen molar-refractivity contribution < 1.29 is 18.0 Å². The van der Waals surface area contributed by atoms with Crippen LogP contribution in [-0.4, -0.2) is 35.9 Å². The van der Waals surface area contributed by atoms with Gasteiger partial charge in [-0.15, -0.1) is 0 Å². The number of carbonyl (C=O) groups excluding carboxylic acids is 1. The maximum absolute atomic E-state index is 13.1. The zero-order valence-electron chi connectivity index (χ0n) is 9.43. The second kappa shape index (κ2) is 5.51. The molecule has 0 atom stereocenters. The molecule has 0 aliphatic carbocycles. The van der Waals surface area contributed by atoms with Gasteiger partial charge in [0.1, 0.15) is 0 Å². The van der Waals surface area contributed by atoms with Gasteiger partial charge in [0.15, 0.2) is 17.5 Å². The van der Waals surface area contributed by atoms with E-state index in [1.54, 1.807) is 14.0 Å². The third kappa shape index (κ3) is 3.33. The Balaban J connectivity index is 2.70. The molecule has 1 N–H and O–H groups in total. The van der Waals surface area contributed by atoms with E-state index in [9.17, 15) is 18.0 Å². The molecule has 0 fully saturated rings. The van der Waals surface area contributed by atoms with Gasteiger partial charge in [0.2, 0.25) is 5.91 Å². The smallest absolute Gasteiger partial charge is 0.251 e. The minimum Gasteiger partial charge on any atom is -0.358 e. The number of rotatable bonds is 4. The average molecular weight is 247 g/mol. The predicted molar refractivity (Wildman–Crippen MR) is 55.9 cm³/mol. The van der Waals surface area contributed by atoms with Gasteiger partial charge in [0, 0.05) is 19.7 Å². The largest absolute Gasteiger partial charge is 0.358 e. The first kappa shape index (κ1) is 13.3. The van der Waals surface area contributed by atoms with Crippen LogP contribution in [0.25, 0.3) is 0 Å². The van der Waals surface area contributed by atoms with Crippen LogP contribution in [0, 0.1) is 17.6 Å². The zero-order valence-corrected chi connectivity index (χ0v) is 9.43. The molecule has 4 nitrogen and oxygen atoms in total. The highest BCUT2D eigenvalue weighted by molar-refractivity contribution is 5.80. The third-order valence-corrected chi connectivity index (χ3v) is 2.19. The number of hydrogen-bond acceptors (Lipinski definition) is 3. The van der Waals surface area contributed by atoms with Crippen LogP contribution in [0.1, 0.15) is 6.92 Å². The lowest BCUT2D eigenvalue weighted by atomic mass is 10.4. The van der Waals surface area contributed by atoms with Gasteiger partial charge in [0.05, 0.1) is 6.54 Å². The third-order valence-electron chi connectivity index (χ3n) is 2.19. The summed E-state index contributed by atoms with van der Waals surface area (Å²) < 4.78 is 38.4. The van der Waals surface area contributed by atoms with Crippen molar-refractivity contribution in [2.45, 2.75) is 6.92 Å². The standard InChI is InChI=1S/C10H12F3N3O/c1-3-16(2)8(17)5-14-10-7(12)4-6(11)9(13)15-10/h4H,3,5H2,1-2H3,(H,14,15). The van der Waals surface area contributed by atoms with Gasteiger partial charge in [0.25, 0.3) is 5.95 Å². The normalized spacial score (nSPS) is 10.2. The SMILES string of the molecule is CCN(C)C(=O)CNc1nc(F)c(F)cc1F. The molecular weight excluding hydrogens is 235 g/mol. The van der Waals surface area contributed by atoms with Crippen molar-refractivity contribution >= 4 is 11.7 Å². The summed E-state index contributed by atoms with van der Waals surface area (Å²) in [6, 6.07) is 0.374. The fourth-order valence-corrected chi connectivity index (χ4v) is 1.04. The van der Waals surface area contributed by atoms with E-state index in [4.69, 9.17) is 0 Å². The molecular formula is C10H12F3N3O. The number of halogens is 3. The summed E-state index contributed by atoms with van der Waals surface area (Å²) in [5, 5.41) is 2.31. The number of nitrogens with zero attached hydrogens (tertiary/aromatic N) is 2. The summed E-state index contributed by atoms with van der Waals surface area (Å²) in [6.45, 7) is 2.03. The molecule has 0 radical (unpaired) electrons. The number of hydrogen-bond donors (Lipinski definition) is 1. The molecule has 0 spiro atoms. The molecule has 0 bridgehead atoms. The minimum absolute atomic E-state index is 0.237. The maximum Gasteiger partial charge on any atom is 0.251 e. The molecule has 0 aromatic carbocycles. The number of anilines is 1. The Kier molecular flexibility index (Phi) is 4.30. The summed E-state index contributed by atoms with van der Waals surface area (Å²) in [5.41, 5.74) is 0. The Morgan fingerprint density at radius 3 is 2.65 bits per heavy atom. The van der Waals surface area contributed by atoms with Crippen molar-refractivity contribution in [3.63, 3.8) is 0 Å². The molecule has 17 heavy (non-hydrogen) atoms. The van der Waals surface area contributed by atoms with Crippen molar-refractivity contribution in [3.8, 4) is 0 Å². The Hall–Kier alpha value is -1.79. The van der Waals surface area contributed by atoms with Crippen molar-refractivity contribution in [1.82, 2.24) is 9.88 Å². The number of nitrogens with one attached hydrogen (secondary N) is 1. The lowest BCUT2D eigenvalue weighted by Crippen LogP contribution is -2.32. The van der Waals surface area contributed by atoms with Crippen molar-refractivity contribution in [2.75, 3.05) is 25.5 Å². The fourth-order valence-electron chi connectivity index (χ4n) is 1.04. The average Bonchev–Trinajstić information content (AvgIpc) is 2.30. The van der Waals surface area contributed by atoms with Gasteiger partial charge in [-0.05, 0) is 6.92 Å². The summed E-state index contributed by atoms with van der Waals surface area (Å²) in [5.74, 6) is -4.62. The van der Waals surface area contributed by atoms with Gasteiger partial charge >= 0.3 is 0 Å². The number of likely N-dealkylation sites (N-methyl/N-ethyl adjacent to an activating group) is 1. The van der Waals surface area contributed by atoms with Crippen molar-refractivity contribution in [1.29, 1.82) is 0 Å². The molecule has 0 unspecified atom stereocenters. The second-order valence-electron chi connectivity index (χ2n) is 3.35. The van der Waals surface area contributed by atoms with Crippen molar-refractivity contribution in [2.24, 2.45) is 0 Å². The van der Waals surface area contributed by atoms with E-state index in [0.717, 1.165) is 0 Å². The summed E-state index contributed by atoms with van der Waals surface area (Å²) in [7, 11) is 1.57. The predicted octanol–water partition coefficient (Wildman–Crippen LogP) is 1.39. The summed E-state index contributed by atoms with van der Waals surface area (Å²) in [6.07, 6.45) is 0. The van der Waals surface area contributed by atoms with E-state index in [2.05, 4.69) is 10.3 Å². The molecule has 1 amide bonds. The number of pyridine rings is 1. The minimum atomic E-state index is -1.41. The van der Waals surface area contributed by atoms with Gasteiger partial charge in [-0.3, -0.25) is 4.79 Å². The first-order chi connectivity index (χ1) is 7.95. The lowest BCUT2D eigenvalue weighted by molar-refractivity contribution is -0.127. The van der Waals surface area contributed by atoms with Crippen LogP contribution in [0.3, 0.4) is 0 Å². The molecule has 1 aromatic heterocycles.